The summed E-state index contributed by atoms with van der Waals surface area (Å²) in [5.74, 6) is -0.131. The highest BCUT2D eigenvalue weighted by Gasteiger charge is 2.47. The minimum atomic E-state index is -1.16. The van der Waals surface area contributed by atoms with Crippen molar-refractivity contribution < 1.29 is 28.0 Å². The molecule has 2 aliphatic rings. The molecule has 0 aliphatic carbocycles. The molecular formula is C29H32FN3O5. The van der Waals surface area contributed by atoms with Crippen LogP contribution < -0.4 is 4.74 Å². The highest BCUT2D eigenvalue weighted by molar-refractivity contribution is 5.94. The largest absolute Gasteiger partial charge is 0.491 e. The number of ether oxygens (including phenoxy) is 2. The molecule has 0 bridgehead atoms. The average Bonchev–Trinajstić information content (AvgIpc) is 3.43. The van der Waals surface area contributed by atoms with Crippen LogP contribution in [0.3, 0.4) is 0 Å². The molecule has 9 heteroatoms. The van der Waals surface area contributed by atoms with Gasteiger partial charge in [0.25, 0.3) is 11.8 Å². The summed E-state index contributed by atoms with van der Waals surface area (Å²) in [5.41, 5.74) is 0.491. The van der Waals surface area contributed by atoms with Crippen molar-refractivity contribution in [1.29, 1.82) is 0 Å². The third kappa shape index (κ3) is 5.29. The first-order valence-electron chi connectivity index (χ1n) is 13.2. The Morgan fingerprint density at radius 3 is 2.74 bits per heavy atom. The molecule has 38 heavy (non-hydrogen) atoms. The van der Waals surface area contributed by atoms with Gasteiger partial charge in [-0.3, -0.25) is 9.59 Å². The minimum absolute atomic E-state index is 0.00161. The second-order valence-electron chi connectivity index (χ2n) is 9.67. The van der Waals surface area contributed by atoms with E-state index >= 15 is 0 Å². The van der Waals surface area contributed by atoms with Crippen molar-refractivity contribution in [3.05, 3.63) is 71.7 Å². The van der Waals surface area contributed by atoms with Crippen LogP contribution in [0.25, 0.3) is 11.3 Å². The van der Waals surface area contributed by atoms with E-state index in [1.165, 1.54) is 12.1 Å². The molecule has 1 spiro atoms. The molecule has 1 atom stereocenters. The van der Waals surface area contributed by atoms with Crippen LogP contribution in [0.1, 0.15) is 42.3 Å². The molecular weight excluding hydrogens is 489 g/mol. The molecule has 3 aromatic rings. The van der Waals surface area contributed by atoms with Crippen LogP contribution >= 0.6 is 0 Å². The Labute approximate surface area is 221 Å². The Bertz CT molecular complexity index is 1290. The predicted octanol–water partition coefficient (Wildman–Crippen LogP) is 4.35. The van der Waals surface area contributed by atoms with Gasteiger partial charge < -0.3 is 23.8 Å². The highest BCUT2D eigenvalue weighted by atomic mass is 19.1. The van der Waals surface area contributed by atoms with Gasteiger partial charge in [0.1, 0.15) is 23.9 Å². The molecule has 0 radical (unpaired) electrons. The molecule has 1 aromatic heterocycles. The van der Waals surface area contributed by atoms with Gasteiger partial charge in [-0.25, -0.2) is 4.39 Å². The number of halogens is 1. The van der Waals surface area contributed by atoms with E-state index in [9.17, 15) is 14.0 Å². The quantitative estimate of drug-likeness (QED) is 0.510. The SMILES string of the molecule is CCN1CCOc2ccccc2CCCCC2(CN(C(=O)c3cc(-c4ccccc4F)no3)CCO2)C1=O. The van der Waals surface area contributed by atoms with E-state index in [0.29, 0.717) is 32.7 Å². The summed E-state index contributed by atoms with van der Waals surface area (Å²) >= 11 is 0. The van der Waals surface area contributed by atoms with E-state index in [1.807, 2.05) is 25.1 Å². The number of likely N-dealkylation sites (N-methyl/N-ethyl adjacent to an activating group) is 1. The Balaban J connectivity index is 1.36. The summed E-state index contributed by atoms with van der Waals surface area (Å²) in [6.07, 6.45) is 2.93. The molecule has 5 rings (SSSR count). The summed E-state index contributed by atoms with van der Waals surface area (Å²) < 4.78 is 31.8. The topological polar surface area (TPSA) is 85.1 Å². The van der Waals surface area contributed by atoms with Crippen molar-refractivity contribution in [3.8, 4) is 17.0 Å². The molecule has 0 N–H and O–H groups in total. The van der Waals surface area contributed by atoms with Crippen LogP contribution in [0.4, 0.5) is 4.39 Å². The number of carbonyl (C=O) groups excluding carboxylic acids is 2. The lowest BCUT2D eigenvalue weighted by Crippen LogP contribution is -2.62. The number of carbonyl (C=O) groups is 2. The van der Waals surface area contributed by atoms with Gasteiger partial charge in [0.05, 0.1) is 19.7 Å². The van der Waals surface area contributed by atoms with Gasteiger partial charge in [0.2, 0.25) is 5.76 Å². The molecule has 200 valence electrons. The predicted molar refractivity (Wildman–Crippen MR) is 138 cm³/mol. The van der Waals surface area contributed by atoms with E-state index in [1.54, 1.807) is 28.0 Å². The molecule has 1 fully saturated rings. The number of fused-ring (bicyclic) bond motifs is 1. The zero-order valence-corrected chi connectivity index (χ0v) is 21.5. The zero-order chi connectivity index (χ0) is 26.5. The van der Waals surface area contributed by atoms with Crippen LogP contribution in [0.2, 0.25) is 0 Å². The Kier molecular flexibility index (Phi) is 7.74. The van der Waals surface area contributed by atoms with Crippen LogP contribution in [0.5, 0.6) is 5.75 Å². The number of hydrogen-bond acceptors (Lipinski definition) is 6. The first-order valence-corrected chi connectivity index (χ1v) is 13.2. The van der Waals surface area contributed by atoms with E-state index < -0.39 is 17.3 Å². The van der Waals surface area contributed by atoms with E-state index in [4.69, 9.17) is 14.0 Å². The first kappa shape index (κ1) is 25.9. The number of morpholine rings is 1. The molecule has 8 nitrogen and oxygen atoms in total. The molecule has 2 aliphatic heterocycles. The Morgan fingerprint density at radius 2 is 1.89 bits per heavy atom. The second kappa shape index (κ2) is 11.3. The number of para-hydroxylation sites is 1. The summed E-state index contributed by atoms with van der Waals surface area (Å²) in [7, 11) is 0. The van der Waals surface area contributed by atoms with Gasteiger partial charge in [-0.2, -0.15) is 0 Å². The highest BCUT2D eigenvalue weighted by Crippen LogP contribution is 2.31. The van der Waals surface area contributed by atoms with Crippen molar-refractivity contribution >= 4 is 11.8 Å². The van der Waals surface area contributed by atoms with Crippen LogP contribution in [-0.4, -0.2) is 71.8 Å². The van der Waals surface area contributed by atoms with Gasteiger partial charge >= 0.3 is 0 Å². The van der Waals surface area contributed by atoms with E-state index in [0.717, 1.165) is 30.6 Å². The minimum Gasteiger partial charge on any atom is -0.491 e. The molecule has 3 heterocycles. The van der Waals surface area contributed by atoms with Gasteiger partial charge in [0.15, 0.2) is 5.60 Å². The van der Waals surface area contributed by atoms with Crippen LogP contribution in [0.15, 0.2) is 59.1 Å². The molecule has 1 unspecified atom stereocenters. The maximum Gasteiger partial charge on any atom is 0.292 e. The maximum absolute atomic E-state index is 14.2. The van der Waals surface area contributed by atoms with Crippen molar-refractivity contribution in [2.75, 3.05) is 39.4 Å². The fraction of sp³-hybridized carbons (Fsp3) is 0.414. The average molecular weight is 522 g/mol. The number of aromatic nitrogens is 1. The summed E-state index contributed by atoms with van der Waals surface area (Å²) in [6.45, 7) is 3.85. The Morgan fingerprint density at radius 1 is 1.08 bits per heavy atom. The van der Waals surface area contributed by atoms with E-state index in [-0.39, 0.29) is 36.1 Å². The number of nitrogens with zero attached hydrogens (tertiary/aromatic N) is 3. The summed E-state index contributed by atoms with van der Waals surface area (Å²) in [4.78, 5) is 30.6. The fourth-order valence-electron chi connectivity index (χ4n) is 5.21. The smallest absolute Gasteiger partial charge is 0.292 e. The number of rotatable bonds is 3. The standard InChI is InChI=1S/C29H32FN3O5/c1-2-32-15-17-36-25-13-6-3-9-21(25)10-7-8-14-29(28(32)35)20-33(16-18-37-29)27(34)26-19-24(31-38-26)22-11-4-5-12-23(22)30/h3-6,9,11-13,19H,2,7-8,10,14-18,20H2,1H3. The molecule has 1 saturated heterocycles. The van der Waals surface area contributed by atoms with Crippen molar-refractivity contribution in [2.45, 2.75) is 38.2 Å². The molecule has 0 saturated carbocycles. The fourth-order valence-corrected chi connectivity index (χ4v) is 5.21. The third-order valence-electron chi connectivity index (χ3n) is 7.27. The maximum atomic E-state index is 14.2. The van der Waals surface area contributed by atoms with Crippen LogP contribution in [-0.2, 0) is 16.0 Å². The lowest BCUT2D eigenvalue weighted by molar-refractivity contribution is -0.170. The van der Waals surface area contributed by atoms with Gasteiger partial charge in [0, 0.05) is 24.7 Å². The van der Waals surface area contributed by atoms with Gasteiger partial charge in [-0.1, -0.05) is 35.5 Å². The van der Waals surface area contributed by atoms with Gasteiger partial charge in [-0.15, -0.1) is 0 Å². The third-order valence-corrected chi connectivity index (χ3v) is 7.27. The summed E-state index contributed by atoms with van der Waals surface area (Å²) in [5, 5.41) is 3.91. The normalized spacial score (nSPS) is 20.8. The summed E-state index contributed by atoms with van der Waals surface area (Å²) in [6, 6.07) is 15.6. The number of amides is 2. The second-order valence-corrected chi connectivity index (χ2v) is 9.67. The van der Waals surface area contributed by atoms with E-state index in [2.05, 4.69) is 11.2 Å². The molecule has 2 amide bonds. The van der Waals surface area contributed by atoms with Crippen LogP contribution in [0, 0.1) is 5.82 Å². The number of aryl methyl sites for hydroxylation is 1. The number of hydrogen-bond donors (Lipinski definition) is 0. The van der Waals surface area contributed by atoms with Crippen molar-refractivity contribution in [3.63, 3.8) is 0 Å². The Hall–Kier alpha value is -3.72. The van der Waals surface area contributed by atoms with Crippen molar-refractivity contribution in [2.24, 2.45) is 0 Å². The molecule has 2 aromatic carbocycles. The monoisotopic (exact) mass is 521 g/mol. The first-order chi connectivity index (χ1) is 18.5. The lowest BCUT2D eigenvalue weighted by Gasteiger charge is -2.43. The van der Waals surface area contributed by atoms with Crippen molar-refractivity contribution in [1.82, 2.24) is 15.0 Å². The number of benzene rings is 2. The van der Waals surface area contributed by atoms with Gasteiger partial charge in [-0.05, 0) is 56.4 Å². The lowest BCUT2D eigenvalue weighted by atomic mass is 9.91. The zero-order valence-electron chi connectivity index (χ0n) is 21.5.